The van der Waals surface area contributed by atoms with Gasteiger partial charge in [0.2, 0.25) is 0 Å². The van der Waals surface area contributed by atoms with Crippen LogP contribution in [0.1, 0.15) is 43.0 Å². The second-order valence-electron chi connectivity index (χ2n) is 9.10. The maximum Gasteiger partial charge on any atom is 0.295 e. The highest BCUT2D eigenvalue weighted by Crippen LogP contribution is 2.41. The molecule has 2 aliphatic heterocycles. The monoisotopic (exact) mass is 487 g/mol. The molecule has 0 aliphatic carbocycles. The van der Waals surface area contributed by atoms with E-state index in [1.807, 2.05) is 54.9 Å². The molecule has 2 aliphatic rings. The van der Waals surface area contributed by atoms with Gasteiger partial charge in [-0.25, -0.2) is 4.98 Å². The second kappa shape index (κ2) is 9.89. The summed E-state index contributed by atoms with van der Waals surface area (Å²) in [5.41, 5.74) is 2.30. The molecule has 5 rings (SSSR count). The number of Topliss-reactive ketones (excluding diaryl/α,β-unsaturated/α-hetero) is 1. The zero-order valence-electron chi connectivity index (χ0n) is 20.4. The molecule has 1 saturated heterocycles. The number of fused-ring (bicyclic) bond motifs is 1. The minimum absolute atomic E-state index is 0.0577. The first-order valence-corrected chi connectivity index (χ1v) is 12.2. The number of hydrogen-bond acceptors (Lipinski definition) is 6. The van der Waals surface area contributed by atoms with E-state index in [4.69, 9.17) is 9.47 Å². The third-order valence-electron chi connectivity index (χ3n) is 6.59. The number of aliphatic hydroxyl groups excluding tert-OH is 1. The van der Waals surface area contributed by atoms with E-state index in [2.05, 4.69) is 4.98 Å². The van der Waals surface area contributed by atoms with E-state index < -0.39 is 17.7 Å². The quantitative estimate of drug-likeness (QED) is 0.292. The number of amides is 1. The van der Waals surface area contributed by atoms with Gasteiger partial charge in [0.15, 0.2) is 0 Å². The van der Waals surface area contributed by atoms with Gasteiger partial charge in [-0.2, -0.15) is 0 Å². The lowest BCUT2D eigenvalue weighted by atomic mass is 9.94. The van der Waals surface area contributed by atoms with Crippen molar-refractivity contribution in [1.29, 1.82) is 0 Å². The molecule has 0 bridgehead atoms. The van der Waals surface area contributed by atoms with Crippen LogP contribution in [0.4, 0.5) is 0 Å². The van der Waals surface area contributed by atoms with E-state index in [1.54, 1.807) is 29.6 Å². The van der Waals surface area contributed by atoms with Gasteiger partial charge in [0.05, 0.1) is 24.5 Å². The number of likely N-dealkylation sites (tertiary alicyclic amines) is 1. The van der Waals surface area contributed by atoms with Crippen molar-refractivity contribution in [2.75, 3.05) is 13.2 Å². The summed E-state index contributed by atoms with van der Waals surface area (Å²) in [6.45, 7) is 5.44. The van der Waals surface area contributed by atoms with Gasteiger partial charge in [-0.05, 0) is 61.7 Å². The maximum absolute atomic E-state index is 13.3. The topological polar surface area (TPSA) is 93.9 Å². The summed E-state index contributed by atoms with van der Waals surface area (Å²) in [6.07, 6.45) is 6.69. The van der Waals surface area contributed by atoms with Crippen molar-refractivity contribution in [1.82, 2.24) is 14.5 Å². The van der Waals surface area contributed by atoms with Gasteiger partial charge in [0, 0.05) is 37.5 Å². The van der Waals surface area contributed by atoms with Gasteiger partial charge in [-0.15, -0.1) is 0 Å². The van der Waals surface area contributed by atoms with Crippen LogP contribution >= 0.6 is 0 Å². The number of ketones is 1. The molecule has 8 heteroatoms. The van der Waals surface area contributed by atoms with Crippen molar-refractivity contribution < 1.29 is 24.2 Å². The predicted octanol–water partition coefficient (Wildman–Crippen LogP) is 4.12. The number of carbonyl (C=O) groups is 2. The van der Waals surface area contributed by atoms with Crippen molar-refractivity contribution >= 4 is 17.4 Å². The third kappa shape index (κ3) is 4.46. The number of carbonyl (C=O) groups excluding carboxylic acids is 2. The van der Waals surface area contributed by atoms with Crippen molar-refractivity contribution in [3.63, 3.8) is 0 Å². The molecule has 2 atom stereocenters. The Morgan fingerprint density at radius 1 is 1.17 bits per heavy atom. The lowest BCUT2D eigenvalue weighted by molar-refractivity contribution is -0.139. The minimum atomic E-state index is -0.702. The number of hydrogen-bond donors (Lipinski definition) is 1. The first-order valence-electron chi connectivity index (χ1n) is 12.2. The van der Waals surface area contributed by atoms with Crippen LogP contribution in [-0.4, -0.2) is 50.5 Å². The number of aliphatic hydroxyl groups is 1. The fraction of sp³-hybridized carbons (Fsp3) is 0.321. The van der Waals surface area contributed by atoms with Gasteiger partial charge < -0.3 is 24.0 Å². The molecule has 1 aromatic heterocycles. The van der Waals surface area contributed by atoms with Crippen molar-refractivity contribution in [2.45, 2.75) is 45.4 Å². The Morgan fingerprint density at radius 3 is 2.69 bits per heavy atom. The molecule has 1 N–H and O–H groups in total. The molecule has 36 heavy (non-hydrogen) atoms. The van der Waals surface area contributed by atoms with E-state index in [1.165, 1.54) is 0 Å². The Balaban J connectivity index is 1.52. The lowest BCUT2D eigenvalue weighted by Gasteiger charge is -2.25. The molecule has 1 fully saturated rings. The van der Waals surface area contributed by atoms with E-state index in [0.29, 0.717) is 37.4 Å². The first kappa shape index (κ1) is 23.7. The van der Waals surface area contributed by atoms with Gasteiger partial charge >= 0.3 is 0 Å². The minimum Gasteiger partial charge on any atom is -0.507 e. The molecule has 1 amide bonds. The number of aryl methyl sites for hydroxylation is 1. The molecule has 0 unspecified atom stereocenters. The Hall–Kier alpha value is -4.07. The lowest BCUT2D eigenvalue weighted by Crippen LogP contribution is -2.31. The van der Waals surface area contributed by atoms with Gasteiger partial charge in [0.1, 0.15) is 23.4 Å². The Labute approximate surface area is 209 Å². The van der Waals surface area contributed by atoms with Crippen LogP contribution in [0.3, 0.4) is 0 Å². The molecule has 2 aromatic carbocycles. The first-order chi connectivity index (χ1) is 17.5. The molecule has 0 spiro atoms. The van der Waals surface area contributed by atoms with Gasteiger partial charge in [-0.1, -0.05) is 12.1 Å². The average Bonchev–Trinajstić information content (AvgIpc) is 3.58. The van der Waals surface area contributed by atoms with Crippen molar-refractivity contribution in [2.24, 2.45) is 0 Å². The molecular formula is C28H29N3O5. The van der Waals surface area contributed by atoms with Crippen molar-refractivity contribution in [3.8, 4) is 11.5 Å². The summed E-state index contributed by atoms with van der Waals surface area (Å²) in [5, 5.41) is 11.4. The van der Waals surface area contributed by atoms with Crippen LogP contribution in [0.15, 0.2) is 66.8 Å². The number of benzene rings is 2. The molecule has 3 heterocycles. The Morgan fingerprint density at radius 2 is 1.97 bits per heavy atom. The smallest absolute Gasteiger partial charge is 0.295 e. The summed E-state index contributed by atoms with van der Waals surface area (Å²) in [4.78, 5) is 32.1. The normalized spacial score (nSPS) is 20.4. The second-order valence-corrected chi connectivity index (χ2v) is 9.10. The summed E-state index contributed by atoms with van der Waals surface area (Å²) in [5.74, 6) is 0.0122. The van der Waals surface area contributed by atoms with E-state index in [9.17, 15) is 14.7 Å². The third-order valence-corrected chi connectivity index (χ3v) is 6.59. The number of rotatable bonds is 8. The van der Waals surface area contributed by atoms with Crippen LogP contribution in [0, 0.1) is 0 Å². The highest BCUT2D eigenvalue weighted by Gasteiger charge is 2.45. The van der Waals surface area contributed by atoms with Crippen LogP contribution in [0.25, 0.3) is 5.76 Å². The zero-order valence-corrected chi connectivity index (χ0v) is 20.4. The van der Waals surface area contributed by atoms with Crippen molar-refractivity contribution in [3.05, 3.63) is 83.4 Å². The molecule has 0 radical (unpaired) electrons. The van der Waals surface area contributed by atoms with Gasteiger partial charge in [-0.3, -0.25) is 9.59 Å². The summed E-state index contributed by atoms with van der Waals surface area (Å²) in [6, 6.07) is 12.0. The molecule has 0 saturated carbocycles. The van der Waals surface area contributed by atoms with Crippen LogP contribution in [0.5, 0.6) is 11.5 Å². The van der Waals surface area contributed by atoms with E-state index >= 15 is 0 Å². The average molecular weight is 488 g/mol. The molecule has 3 aromatic rings. The number of imidazole rings is 1. The number of nitrogens with zero attached hydrogens (tertiary/aromatic N) is 3. The maximum atomic E-state index is 13.3. The SMILES string of the molecule is CCOc1ccc([C@H]2C(=C(O)c3ccc4c(c3)C[C@H](C)O4)C(=O)C(=O)N2CCCn2ccnc2)cc1. The molecular weight excluding hydrogens is 458 g/mol. The Kier molecular flexibility index (Phi) is 6.50. The van der Waals surface area contributed by atoms with Gasteiger partial charge in [0.25, 0.3) is 11.7 Å². The fourth-order valence-electron chi connectivity index (χ4n) is 4.94. The van der Waals surface area contributed by atoms with Crippen LogP contribution in [-0.2, 0) is 22.6 Å². The summed E-state index contributed by atoms with van der Waals surface area (Å²) < 4.78 is 13.3. The summed E-state index contributed by atoms with van der Waals surface area (Å²) >= 11 is 0. The van der Waals surface area contributed by atoms with E-state index in [-0.39, 0.29) is 17.4 Å². The number of ether oxygens (including phenoxy) is 2. The molecule has 186 valence electrons. The van der Waals surface area contributed by atoms with E-state index in [0.717, 1.165) is 23.3 Å². The molecule has 8 nitrogen and oxygen atoms in total. The standard InChI is InChI=1S/C28H29N3O5/c1-3-35-22-8-5-19(6-9-22)25-24(26(32)20-7-10-23-21(16-20)15-18(2)36-23)27(33)28(34)31(25)13-4-12-30-14-11-29-17-30/h5-11,14,16-18,25,32H,3-4,12-13,15H2,1-2H3/t18-,25-/m0/s1. The number of aromatic nitrogens is 2. The highest BCUT2D eigenvalue weighted by molar-refractivity contribution is 6.46. The largest absolute Gasteiger partial charge is 0.507 e. The highest BCUT2D eigenvalue weighted by atomic mass is 16.5. The Bertz CT molecular complexity index is 1300. The fourth-order valence-corrected chi connectivity index (χ4v) is 4.94. The summed E-state index contributed by atoms with van der Waals surface area (Å²) in [7, 11) is 0. The predicted molar refractivity (Wildman–Crippen MR) is 134 cm³/mol. The zero-order chi connectivity index (χ0) is 25.2. The van der Waals surface area contributed by atoms with Crippen LogP contribution in [0.2, 0.25) is 0 Å². The van der Waals surface area contributed by atoms with Crippen LogP contribution < -0.4 is 9.47 Å².